The molecule has 36 heavy (non-hydrogen) atoms. The van der Waals surface area contributed by atoms with E-state index in [1.807, 2.05) is 0 Å². The standard InChI is InChI=1S/C20H35N7O9/c21-8-2-1-3-11(18(33)27-13(20(35)36)4-6-14(23)28)26-19(34)12(5-7-16(30)31)25-17(32)10(22)9-15(24)29/h10-13H,1-9,21-22H2,(H2,23,28)(H2,24,29)(H,25,32)(H,26,34)(H,27,33)(H,30,31)(H,35,36). The van der Waals surface area contributed by atoms with Crippen molar-refractivity contribution in [3.63, 3.8) is 0 Å². The molecule has 16 heteroatoms. The highest BCUT2D eigenvalue weighted by molar-refractivity contribution is 5.95. The van der Waals surface area contributed by atoms with Crippen molar-refractivity contribution in [2.75, 3.05) is 6.54 Å². The summed E-state index contributed by atoms with van der Waals surface area (Å²) in [6.45, 7) is 0.285. The van der Waals surface area contributed by atoms with Crippen molar-refractivity contribution in [2.45, 2.75) is 75.5 Å². The number of carbonyl (C=O) groups is 7. The molecule has 0 bridgehead atoms. The van der Waals surface area contributed by atoms with Crippen LogP contribution in [0.5, 0.6) is 0 Å². The molecule has 0 spiro atoms. The lowest BCUT2D eigenvalue weighted by Gasteiger charge is -2.25. The molecule has 0 aliphatic carbocycles. The molecule has 13 N–H and O–H groups in total. The maximum atomic E-state index is 12.9. The van der Waals surface area contributed by atoms with Crippen molar-refractivity contribution in [3.05, 3.63) is 0 Å². The van der Waals surface area contributed by atoms with Gasteiger partial charge in [0.1, 0.15) is 18.1 Å². The van der Waals surface area contributed by atoms with Crippen molar-refractivity contribution in [3.8, 4) is 0 Å². The SMILES string of the molecule is NCCCCC(NC(=O)C(CCC(=O)O)NC(=O)C(N)CC(N)=O)C(=O)NC(CCC(N)=O)C(=O)O. The molecule has 16 nitrogen and oxygen atoms in total. The summed E-state index contributed by atoms with van der Waals surface area (Å²) in [7, 11) is 0. The Hall–Kier alpha value is -3.79. The van der Waals surface area contributed by atoms with Gasteiger partial charge in [0.15, 0.2) is 0 Å². The Kier molecular flexibility index (Phi) is 15.0. The number of carbonyl (C=O) groups excluding carboxylic acids is 5. The van der Waals surface area contributed by atoms with E-state index in [9.17, 15) is 38.7 Å². The number of carboxylic acid groups (broad SMARTS) is 2. The van der Waals surface area contributed by atoms with Gasteiger partial charge in [-0.3, -0.25) is 28.8 Å². The molecular weight excluding hydrogens is 482 g/mol. The smallest absolute Gasteiger partial charge is 0.326 e. The van der Waals surface area contributed by atoms with E-state index in [2.05, 4.69) is 16.0 Å². The minimum Gasteiger partial charge on any atom is -0.481 e. The summed E-state index contributed by atoms with van der Waals surface area (Å²) in [5, 5.41) is 25.1. The van der Waals surface area contributed by atoms with E-state index < -0.39 is 78.5 Å². The van der Waals surface area contributed by atoms with Gasteiger partial charge < -0.3 is 49.1 Å². The number of primary amides is 2. The maximum Gasteiger partial charge on any atom is 0.326 e. The van der Waals surface area contributed by atoms with Crippen molar-refractivity contribution in [1.29, 1.82) is 0 Å². The highest BCUT2D eigenvalue weighted by atomic mass is 16.4. The van der Waals surface area contributed by atoms with E-state index in [0.717, 1.165) is 0 Å². The molecule has 0 radical (unpaired) electrons. The van der Waals surface area contributed by atoms with E-state index in [0.29, 0.717) is 12.8 Å². The Labute approximate surface area is 206 Å². The third-order valence-electron chi connectivity index (χ3n) is 4.91. The van der Waals surface area contributed by atoms with Gasteiger partial charge in [0, 0.05) is 12.8 Å². The third kappa shape index (κ3) is 13.8. The van der Waals surface area contributed by atoms with Gasteiger partial charge in [0.25, 0.3) is 0 Å². The average Bonchev–Trinajstić information content (AvgIpc) is 2.77. The lowest BCUT2D eigenvalue weighted by Crippen LogP contribution is -2.57. The van der Waals surface area contributed by atoms with Gasteiger partial charge in [0.2, 0.25) is 29.5 Å². The second-order valence-corrected chi connectivity index (χ2v) is 8.02. The molecule has 0 saturated carbocycles. The molecule has 0 aromatic carbocycles. The molecule has 0 aliphatic heterocycles. The molecule has 0 saturated heterocycles. The third-order valence-corrected chi connectivity index (χ3v) is 4.91. The van der Waals surface area contributed by atoms with Gasteiger partial charge in [0.05, 0.1) is 12.5 Å². The number of nitrogens with two attached hydrogens (primary N) is 4. The van der Waals surface area contributed by atoms with Crippen LogP contribution >= 0.6 is 0 Å². The Morgan fingerprint density at radius 1 is 0.667 bits per heavy atom. The van der Waals surface area contributed by atoms with Crippen LogP contribution in [0.3, 0.4) is 0 Å². The largest absolute Gasteiger partial charge is 0.481 e. The number of hydrogen-bond donors (Lipinski definition) is 9. The van der Waals surface area contributed by atoms with Crippen molar-refractivity contribution < 1.29 is 43.8 Å². The fraction of sp³-hybridized carbons (Fsp3) is 0.650. The van der Waals surface area contributed by atoms with Gasteiger partial charge in [-0.05, 0) is 38.6 Å². The van der Waals surface area contributed by atoms with Crippen LogP contribution in [0, 0.1) is 0 Å². The summed E-state index contributed by atoms with van der Waals surface area (Å²) in [4.78, 5) is 82.3. The summed E-state index contributed by atoms with van der Waals surface area (Å²) >= 11 is 0. The zero-order chi connectivity index (χ0) is 27.8. The topological polar surface area (TPSA) is 300 Å². The molecule has 0 aromatic rings. The fourth-order valence-electron chi connectivity index (χ4n) is 2.98. The molecule has 0 rings (SSSR count). The molecule has 0 fully saturated rings. The molecular formula is C20H35N7O9. The zero-order valence-electron chi connectivity index (χ0n) is 19.7. The van der Waals surface area contributed by atoms with E-state index in [-0.39, 0.29) is 32.2 Å². The van der Waals surface area contributed by atoms with Gasteiger partial charge in [-0.25, -0.2) is 4.79 Å². The van der Waals surface area contributed by atoms with E-state index in [4.69, 9.17) is 28.0 Å². The number of amides is 5. The number of nitrogens with one attached hydrogen (secondary N) is 3. The molecule has 4 unspecified atom stereocenters. The molecule has 0 aliphatic rings. The highest BCUT2D eigenvalue weighted by Crippen LogP contribution is 2.07. The fourth-order valence-corrected chi connectivity index (χ4v) is 2.98. The van der Waals surface area contributed by atoms with Crippen molar-refractivity contribution >= 4 is 41.5 Å². The maximum absolute atomic E-state index is 12.9. The Bertz CT molecular complexity index is 821. The van der Waals surface area contributed by atoms with Crippen LogP contribution in [0.25, 0.3) is 0 Å². The van der Waals surface area contributed by atoms with E-state index >= 15 is 0 Å². The van der Waals surface area contributed by atoms with Gasteiger partial charge in [-0.15, -0.1) is 0 Å². The molecule has 0 aromatic heterocycles. The van der Waals surface area contributed by atoms with Crippen LogP contribution in [0.1, 0.15) is 51.4 Å². The van der Waals surface area contributed by atoms with Crippen molar-refractivity contribution in [1.82, 2.24) is 16.0 Å². The van der Waals surface area contributed by atoms with Gasteiger partial charge in [-0.2, -0.15) is 0 Å². The Morgan fingerprint density at radius 3 is 1.64 bits per heavy atom. The molecule has 4 atom stereocenters. The van der Waals surface area contributed by atoms with E-state index in [1.165, 1.54) is 0 Å². The second kappa shape index (κ2) is 16.8. The summed E-state index contributed by atoms with van der Waals surface area (Å²) < 4.78 is 0. The Morgan fingerprint density at radius 2 is 1.17 bits per heavy atom. The Balaban J connectivity index is 5.60. The first-order valence-corrected chi connectivity index (χ1v) is 11.2. The predicted molar refractivity (Wildman–Crippen MR) is 123 cm³/mol. The van der Waals surface area contributed by atoms with Crippen LogP contribution in [0.2, 0.25) is 0 Å². The normalized spacial score (nSPS) is 13.9. The predicted octanol–water partition coefficient (Wildman–Crippen LogP) is -4.01. The number of rotatable bonds is 19. The van der Waals surface area contributed by atoms with Crippen LogP contribution in [-0.2, 0) is 33.6 Å². The molecule has 5 amide bonds. The monoisotopic (exact) mass is 517 g/mol. The number of unbranched alkanes of at least 4 members (excludes halogenated alkanes) is 1. The summed E-state index contributed by atoms with van der Waals surface area (Å²) in [5.74, 6) is -7.09. The molecule has 204 valence electrons. The number of carboxylic acids is 2. The number of hydrogen-bond acceptors (Lipinski definition) is 9. The van der Waals surface area contributed by atoms with Gasteiger partial charge in [-0.1, -0.05) is 0 Å². The van der Waals surface area contributed by atoms with Crippen LogP contribution in [0.4, 0.5) is 0 Å². The first-order chi connectivity index (χ1) is 16.8. The minimum atomic E-state index is -1.46. The lowest BCUT2D eigenvalue weighted by atomic mass is 10.0. The highest BCUT2D eigenvalue weighted by Gasteiger charge is 2.30. The van der Waals surface area contributed by atoms with E-state index in [1.54, 1.807) is 0 Å². The first kappa shape index (κ1) is 32.2. The quantitative estimate of drug-likeness (QED) is 0.0743. The van der Waals surface area contributed by atoms with Crippen molar-refractivity contribution in [2.24, 2.45) is 22.9 Å². The first-order valence-electron chi connectivity index (χ1n) is 11.2. The van der Waals surface area contributed by atoms with Crippen LogP contribution in [0.15, 0.2) is 0 Å². The second-order valence-electron chi connectivity index (χ2n) is 8.02. The van der Waals surface area contributed by atoms with Crippen LogP contribution in [-0.4, -0.2) is 82.4 Å². The number of aliphatic carboxylic acids is 2. The van der Waals surface area contributed by atoms with Crippen LogP contribution < -0.4 is 38.9 Å². The lowest BCUT2D eigenvalue weighted by molar-refractivity contribution is -0.142. The summed E-state index contributed by atoms with van der Waals surface area (Å²) in [6, 6.07) is -5.58. The van der Waals surface area contributed by atoms with Gasteiger partial charge >= 0.3 is 11.9 Å². The average molecular weight is 518 g/mol. The molecule has 0 heterocycles. The summed E-state index contributed by atoms with van der Waals surface area (Å²) in [6.07, 6.45) is -1.13. The summed E-state index contributed by atoms with van der Waals surface area (Å²) in [5.41, 5.74) is 21.0. The zero-order valence-corrected chi connectivity index (χ0v) is 19.7. The minimum absolute atomic E-state index is 0.0394.